The first-order chi connectivity index (χ1) is 17.7. The van der Waals surface area contributed by atoms with Crippen LogP contribution in [0.5, 0.6) is 0 Å². The van der Waals surface area contributed by atoms with Gasteiger partial charge in [0, 0.05) is 17.5 Å². The summed E-state index contributed by atoms with van der Waals surface area (Å²) in [6, 6.07) is 10.3. The normalized spacial score (nSPS) is 11.4. The Bertz CT molecular complexity index is 1370. The van der Waals surface area contributed by atoms with Crippen molar-refractivity contribution in [2.45, 2.75) is 57.4 Å². The van der Waals surface area contributed by atoms with Crippen LogP contribution in [0.25, 0.3) is 11.1 Å². The van der Waals surface area contributed by atoms with E-state index in [1.807, 2.05) is 18.6 Å². The highest BCUT2D eigenvalue weighted by molar-refractivity contribution is 7.90. The zero-order chi connectivity index (χ0) is 27.0. The largest absolute Gasteiger partial charge is 0.449 e. The molecule has 0 saturated carbocycles. The number of imidazole rings is 1. The number of nitrogens with zero attached hydrogens (tertiary/aromatic N) is 2. The summed E-state index contributed by atoms with van der Waals surface area (Å²) < 4.78 is 49.5. The maximum Gasteiger partial charge on any atom is 0.421 e. The number of amides is 1. The molecule has 8 nitrogen and oxygen atoms in total. The van der Waals surface area contributed by atoms with E-state index < -0.39 is 21.9 Å². The molecule has 0 saturated heterocycles. The smallest absolute Gasteiger partial charge is 0.421 e. The average Bonchev–Trinajstić information content (AvgIpc) is 3.17. The third-order valence-corrected chi connectivity index (χ3v) is 7.37. The van der Waals surface area contributed by atoms with Gasteiger partial charge in [0.1, 0.15) is 17.3 Å². The van der Waals surface area contributed by atoms with Crippen LogP contribution in [0.2, 0.25) is 5.15 Å². The minimum absolute atomic E-state index is 0.0318. The number of nitrogens with one attached hydrogen (secondary N) is 1. The topological polar surface area (TPSA) is 107 Å². The molecule has 37 heavy (non-hydrogen) atoms. The van der Waals surface area contributed by atoms with E-state index in [9.17, 15) is 18.0 Å². The number of aromatic nitrogens is 2. The van der Waals surface area contributed by atoms with Crippen molar-refractivity contribution in [3.05, 3.63) is 70.5 Å². The van der Waals surface area contributed by atoms with Crippen LogP contribution >= 0.6 is 11.6 Å². The molecule has 1 N–H and O–H groups in total. The molecule has 198 valence electrons. The number of halogens is 2. The minimum atomic E-state index is -4.28. The molecule has 1 amide bonds. The number of aldehydes is 1. The van der Waals surface area contributed by atoms with Gasteiger partial charge in [0.25, 0.3) is 10.0 Å². The molecule has 11 heteroatoms. The number of carbonyl (C=O) groups excluding carboxylic acids is 2. The molecule has 0 atom stereocenters. The second-order valence-corrected chi connectivity index (χ2v) is 10.4. The third kappa shape index (κ3) is 6.95. The van der Waals surface area contributed by atoms with E-state index in [0.29, 0.717) is 30.5 Å². The number of benzene rings is 2. The fourth-order valence-corrected chi connectivity index (χ4v) is 5.12. The lowest BCUT2D eigenvalue weighted by Gasteiger charge is -2.14. The van der Waals surface area contributed by atoms with Crippen molar-refractivity contribution in [2.24, 2.45) is 0 Å². The quantitative estimate of drug-likeness (QED) is 0.227. The fraction of sp³-hybridized carbons (Fsp3) is 0.346. The first kappa shape index (κ1) is 28.3. The lowest BCUT2D eigenvalue weighted by Crippen LogP contribution is -2.31. The molecule has 0 aliphatic carbocycles. The highest BCUT2D eigenvalue weighted by Gasteiger charge is 2.23. The summed E-state index contributed by atoms with van der Waals surface area (Å²) in [4.78, 5) is 27.6. The molecule has 0 aliphatic heterocycles. The average molecular weight is 550 g/mol. The number of hydrogen-bond acceptors (Lipinski definition) is 6. The van der Waals surface area contributed by atoms with Crippen LogP contribution in [0.15, 0.2) is 47.4 Å². The molecule has 0 aliphatic rings. The second kappa shape index (κ2) is 12.8. The van der Waals surface area contributed by atoms with Crippen LogP contribution < -0.4 is 4.72 Å². The van der Waals surface area contributed by atoms with Gasteiger partial charge in [0.2, 0.25) is 0 Å². The molecule has 0 fully saturated rings. The molecule has 2 aromatic carbocycles. The summed E-state index contributed by atoms with van der Waals surface area (Å²) in [6.45, 7) is 4.07. The zero-order valence-electron chi connectivity index (χ0n) is 20.7. The van der Waals surface area contributed by atoms with Gasteiger partial charge in [-0.25, -0.2) is 27.3 Å². The van der Waals surface area contributed by atoms with Crippen molar-refractivity contribution in [3.63, 3.8) is 0 Å². The molecule has 0 spiro atoms. The van der Waals surface area contributed by atoms with Crippen molar-refractivity contribution in [1.82, 2.24) is 14.3 Å². The third-order valence-electron chi connectivity index (χ3n) is 5.72. The Morgan fingerprint density at radius 1 is 1.16 bits per heavy atom. The number of ether oxygens (including phenoxy) is 1. The summed E-state index contributed by atoms with van der Waals surface area (Å²) >= 11 is 6.12. The van der Waals surface area contributed by atoms with Crippen LogP contribution in [0.1, 0.15) is 61.4 Å². The number of unbranched alkanes of at least 4 members (excludes halogenated alkanes) is 2. The molecule has 3 aromatic rings. The van der Waals surface area contributed by atoms with Crippen LogP contribution in [-0.2, 0) is 27.7 Å². The Balaban J connectivity index is 1.91. The van der Waals surface area contributed by atoms with Crippen LogP contribution in [0.4, 0.5) is 9.18 Å². The summed E-state index contributed by atoms with van der Waals surface area (Å²) in [5.41, 5.74) is 0.956. The first-order valence-corrected chi connectivity index (χ1v) is 13.8. The van der Waals surface area contributed by atoms with Gasteiger partial charge >= 0.3 is 6.09 Å². The van der Waals surface area contributed by atoms with Gasteiger partial charge in [-0.15, -0.1) is 0 Å². The van der Waals surface area contributed by atoms with Crippen molar-refractivity contribution in [1.29, 1.82) is 0 Å². The fourth-order valence-electron chi connectivity index (χ4n) is 3.75. The summed E-state index contributed by atoms with van der Waals surface area (Å²) in [5.74, 6) is -0.00879. The van der Waals surface area contributed by atoms with E-state index >= 15 is 4.39 Å². The highest BCUT2D eigenvalue weighted by Crippen LogP contribution is 2.29. The SMILES string of the molecule is CCCCOC(=O)NS(=O)(=O)c1ccccc1-c1ccc(Cn2c(CCCC)nc(Cl)c2C=O)c(F)c1. The predicted molar refractivity (Wildman–Crippen MR) is 139 cm³/mol. The van der Waals surface area contributed by atoms with Gasteiger partial charge in [0.05, 0.1) is 18.0 Å². The van der Waals surface area contributed by atoms with E-state index in [1.165, 1.54) is 30.3 Å². The van der Waals surface area contributed by atoms with E-state index in [4.69, 9.17) is 16.3 Å². The van der Waals surface area contributed by atoms with Crippen molar-refractivity contribution in [2.75, 3.05) is 6.61 Å². The zero-order valence-corrected chi connectivity index (χ0v) is 22.2. The van der Waals surface area contributed by atoms with E-state index in [1.54, 1.807) is 16.7 Å². The van der Waals surface area contributed by atoms with Crippen molar-refractivity contribution >= 4 is 34.0 Å². The van der Waals surface area contributed by atoms with Crippen LogP contribution in [-0.4, -0.2) is 37.0 Å². The summed E-state index contributed by atoms with van der Waals surface area (Å²) in [7, 11) is -4.28. The lowest BCUT2D eigenvalue weighted by atomic mass is 10.0. The number of hydrogen-bond donors (Lipinski definition) is 1. The summed E-state index contributed by atoms with van der Waals surface area (Å²) in [6.07, 6.45) is 3.25. The van der Waals surface area contributed by atoms with Crippen LogP contribution in [0.3, 0.4) is 0 Å². The Hall–Kier alpha value is -3.24. The van der Waals surface area contributed by atoms with Gasteiger partial charge in [-0.2, -0.15) is 0 Å². The lowest BCUT2D eigenvalue weighted by molar-refractivity contribution is 0.111. The maximum absolute atomic E-state index is 15.3. The monoisotopic (exact) mass is 549 g/mol. The van der Waals surface area contributed by atoms with Gasteiger partial charge in [-0.1, -0.05) is 68.6 Å². The van der Waals surface area contributed by atoms with Gasteiger partial charge in [0.15, 0.2) is 11.4 Å². The van der Waals surface area contributed by atoms with E-state index in [-0.39, 0.29) is 40.0 Å². The van der Waals surface area contributed by atoms with Crippen molar-refractivity contribution in [3.8, 4) is 11.1 Å². The van der Waals surface area contributed by atoms with Gasteiger partial charge in [-0.3, -0.25) is 4.79 Å². The van der Waals surface area contributed by atoms with Gasteiger partial charge < -0.3 is 9.30 Å². The summed E-state index contributed by atoms with van der Waals surface area (Å²) in [5, 5.41) is 0.0676. The van der Waals surface area contributed by atoms with E-state index in [0.717, 1.165) is 19.3 Å². The molecule has 1 heterocycles. The Kier molecular flexibility index (Phi) is 9.82. The molecule has 3 rings (SSSR count). The van der Waals surface area contributed by atoms with Crippen LogP contribution in [0, 0.1) is 5.82 Å². The molecular weight excluding hydrogens is 521 g/mol. The predicted octanol–water partition coefficient (Wildman–Crippen LogP) is 5.76. The second-order valence-electron chi connectivity index (χ2n) is 8.41. The molecular formula is C26H29ClFN3O5S. The number of sulfonamides is 1. The van der Waals surface area contributed by atoms with Gasteiger partial charge in [-0.05, 0) is 30.5 Å². The molecule has 1 aromatic heterocycles. The Morgan fingerprint density at radius 2 is 1.89 bits per heavy atom. The number of aryl methyl sites for hydroxylation is 1. The molecule has 0 unspecified atom stereocenters. The van der Waals surface area contributed by atoms with E-state index in [2.05, 4.69) is 4.98 Å². The molecule has 0 bridgehead atoms. The standard InChI is InChI=1S/C26H29ClFN3O5S/c1-3-5-11-24-29-25(27)22(17-32)31(24)16-19-13-12-18(15-21(19)28)20-9-7-8-10-23(20)37(34,35)30-26(33)36-14-6-4-2/h7-10,12-13,15,17H,3-6,11,14,16H2,1-2H3,(H,30,33). The van der Waals surface area contributed by atoms with Crippen molar-refractivity contribution < 1.29 is 27.1 Å². The number of carbonyl (C=O) groups is 2. The Morgan fingerprint density at radius 3 is 2.57 bits per heavy atom. The Labute approximate surface area is 220 Å². The first-order valence-electron chi connectivity index (χ1n) is 12.0. The minimum Gasteiger partial charge on any atom is -0.449 e. The maximum atomic E-state index is 15.3. The highest BCUT2D eigenvalue weighted by atomic mass is 35.5. The molecule has 0 radical (unpaired) electrons. The number of rotatable bonds is 12.